The average Bonchev–Trinajstić information content (AvgIpc) is 3.24. The molecule has 3 rings (SSSR count). The first-order valence-corrected chi connectivity index (χ1v) is 12.7. The van der Waals surface area contributed by atoms with Gasteiger partial charge in [-0.05, 0) is 35.4 Å². The largest absolute Gasteiger partial charge is 0.472 e. The molecule has 0 aliphatic carbocycles. The lowest BCUT2D eigenvalue weighted by Gasteiger charge is -2.07. The Bertz CT molecular complexity index is 1100. The molecule has 0 fully saturated rings. The number of nitrogens with zero attached hydrogens (tertiary/aromatic N) is 2. The van der Waals surface area contributed by atoms with E-state index in [1.807, 2.05) is 12.1 Å². The highest BCUT2D eigenvalue weighted by Crippen LogP contribution is 2.35. The number of hydrogen-bond acceptors (Lipinski definition) is 8. The van der Waals surface area contributed by atoms with Gasteiger partial charge in [0.1, 0.15) is 12.2 Å². The third-order valence-electron chi connectivity index (χ3n) is 4.66. The fourth-order valence-corrected chi connectivity index (χ4v) is 4.10. The average molecular weight is 494 g/mol. The Morgan fingerprint density at radius 1 is 1.18 bits per heavy atom. The predicted molar refractivity (Wildman–Crippen MR) is 122 cm³/mol. The minimum Gasteiger partial charge on any atom is -0.467 e. The fraction of sp³-hybridized carbons (Fsp3) is 0.286. The summed E-state index contributed by atoms with van der Waals surface area (Å²) in [5.41, 5.74) is 9.69. The number of nitrogens with two attached hydrogens (primary N) is 1. The Hall–Kier alpha value is -2.69. The molecule has 0 spiro atoms. The first-order valence-electron chi connectivity index (χ1n) is 10.0. The van der Waals surface area contributed by atoms with Gasteiger partial charge in [-0.25, -0.2) is 13.7 Å². The number of benzene rings is 1. The summed E-state index contributed by atoms with van der Waals surface area (Å²) in [4.78, 5) is 27.9. The number of carbonyl (C=O) groups excluding carboxylic acids is 1. The molecule has 0 unspecified atom stereocenters. The van der Waals surface area contributed by atoms with Gasteiger partial charge in [0.05, 0.1) is 11.9 Å². The fourth-order valence-electron chi connectivity index (χ4n) is 3.02. The number of anilines is 1. The van der Waals surface area contributed by atoms with Crippen molar-refractivity contribution in [3.05, 3.63) is 65.5 Å². The van der Waals surface area contributed by atoms with Crippen LogP contribution in [0.25, 0.3) is 11.3 Å². The van der Waals surface area contributed by atoms with Crippen molar-refractivity contribution in [3.63, 3.8) is 0 Å². The maximum atomic E-state index is 10.9. The number of ether oxygens (including phenoxy) is 1. The summed E-state index contributed by atoms with van der Waals surface area (Å²) in [5, 5.41) is 4.12. The van der Waals surface area contributed by atoms with Crippen molar-refractivity contribution in [2.75, 3.05) is 23.8 Å². The molecule has 0 aliphatic rings. The summed E-state index contributed by atoms with van der Waals surface area (Å²) in [6.07, 6.45) is 3.06. The minimum atomic E-state index is -4.62. The number of aryl methyl sites for hydroxylation is 1. The highest BCUT2D eigenvalue weighted by Gasteiger charge is 2.20. The van der Waals surface area contributed by atoms with Crippen LogP contribution >= 0.6 is 19.6 Å². The predicted octanol–water partition coefficient (Wildman–Crippen LogP) is 2.32. The molecule has 10 nitrogen and oxygen atoms in total. The van der Waals surface area contributed by atoms with Crippen LogP contribution in [0.2, 0.25) is 0 Å². The number of pyridine rings is 1. The van der Waals surface area contributed by atoms with Crippen LogP contribution < -0.4 is 10.3 Å². The lowest BCUT2D eigenvalue weighted by atomic mass is 10.1. The van der Waals surface area contributed by atoms with E-state index in [0.717, 1.165) is 29.2 Å². The van der Waals surface area contributed by atoms with E-state index in [1.165, 1.54) is 10.1 Å². The quantitative estimate of drug-likeness (QED) is 0.140. The Kier molecular flexibility index (Phi) is 9.04. The van der Waals surface area contributed by atoms with Crippen LogP contribution in [0.1, 0.15) is 16.8 Å². The van der Waals surface area contributed by atoms with Gasteiger partial charge in [-0.15, -0.1) is 0 Å². The molecule has 0 saturated heterocycles. The standard InChI is InChI=1S/C21H24N3O7PS/c22-21-19(2-1-8-24(21)14-30-32(26,27)28)20-13-18(23-31-20)12-17-5-3-16(4-6-17)7-10-33-11-9-29-15-25/h1-6,8,13,15,22H,7,9-12,14H2,(H2,26,27,28)/p+1. The van der Waals surface area contributed by atoms with Crippen LogP contribution in [0.4, 0.5) is 5.82 Å². The summed E-state index contributed by atoms with van der Waals surface area (Å²) in [6, 6.07) is 13.4. The molecule has 2 aromatic heterocycles. The molecule has 176 valence electrons. The van der Waals surface area contributed by atoms with Gasteiger partial charge in [-0.3, -0.25) is 10.5 Å². The topological polar surface area (TPSA) is 149 Å². The summed E-state index contributed by atoms with van der Waals surface area (Å²) in [7, 11) is -4.62. The summed E-state index contributed by atoms with van der Waals surface area (Å²) in [5.74, 6) is 2.41. The zero-order valence-corrected chi connectivity index (χ0v) is 19.4. The maximum Gasteiger partial charge on any atom is 0.472 e. The molecular weight excluding hydrogens is 469 g/mol. The van der Waals surface area contributed by atoms with Gasteiger partial charge >= 0.3 is 7.82 Å². The Balaban J connectivity index is 1.58. The van der Waals surface area contributed by atoms with Gasteiger partial charge in [-0.2, -0.15) is 11.8 Å². The lowest BCUT2D eigenvalue weighted by molar-refractivity contribution is -0.711. The van der Waals surface area contributed by atoms with Gasteiger partial charge in [-0.1, -0.05) is 29.4 Å². The third-order valence-corrected chi connectivity index (χ3v) is 6.06. The SMILES string of the molecule is Nc1c(-c2cc(Cc3ccc(CCSCCOC=O)cc3)no2)ccc[n+]1COP(=O)(O)O. The Labute approximate surface area is 194 Å². The van der Waals surface area contributed by atoms with Crippen molar-refractivity contribution in [1.29, 1.82) is 0 Å². The van der Waals surface area contributed by atoms with Crippen LogP contribution in [0, 0.1) is 0 Å². The summed E-state index contributed by atoms with van der Waals surface area (Å²) >= 11 is 1.74. The van der Waals surface area contributed by atoms with Gasteiger partial charge in [0.2, 0.25) is 6.73 Å². The molecule has 0 amide bonds. The van der Waals surface area contributed by atoms with Crippen LogP contribution in [0.15, 0.2) is 53.2 Å². The molecule has 12 heteroatoms. The molecule has 33 heavy (non-hydrogen) atoms. The Morgan fingerprint density at radius 2 is 1.94 bits per heavy atom. The molecule has 0 radical (unpaired) electrons. The molecule has 0 saturated carbocycles. The Morgan fingerprint density at radius 3 is 2.67 bits per heavy atom. The van der Waals surface area contributed by atoms with Crippen molar-refractivity contribution in [2.24, 2.45) is 0 Å². The summed E-state index contributed by atoms with van der Waals surface area (Å²) in [6.45, 7) is 0.498. The van der Waals surface area contributed by atoms with E-state index >= 15 is 0 Å². The van der Waals surface area contributed by atoms with Crippen LogP contribution in [0.5, 0.6) is 0 Å². The molecule has 0 aliphatic heterocycles. The molecule has 3 aromatic rings. The lowest BCUT2D eigenvalue weighted by Crippen LogP contribution is -2.38. The normalized spacial score (nSPS) is 11.5. The molecule has 0 bridgehead atoms. The smallest absolute Gasteiger partial charge is 0.467 e. The van der Waals surface area contributed by atoms with Crippen molar-refractivity contribution < 1.29 is 37.5 Å². The number of phosphoric acid groups is 1. The first kappa shape index (κ1) is 24.9. The van der Waals surface area contributed by atoms with Crippen molar-refractivity contribution in [3.8, 4) is 11.3 Å². The van der Waals surface area contributed by atoms with Crippen molar-refractivity contribution in [2.45, 2.75) is 19.6 Å². The highest BCUT2D eigenvalue weighted by molar-refractivity contribution is 7.99. The molecule has 1 aromatic carbocycles. The van der Waals surface area contributed by atoms with E-state index in [2.05, 4.69) is 26.6 Å². The number of nitrogen functional groups attached to an aromatic ring is 1. The zero-order valence-electron chi connectivity index (χ0n) is 17.7. The summed E-state index contributed by atoms with van der Waals surface area (Å²) < 4.78 is 26.9. The number of rotatable bonds is 13. The second-order valence-electron chi connectivity index (χ2n) is 7.03. The third kappa shape index (κ3) is 7.99. The van der Waals surface area contributed by atoms with Gasteiger partial charge in [0, 0.05) is 18.2 Å². The van der Waals surface area contributed by atoms with E-state index in [0.29, 0.717) is 30.8 Å². The number of phosphoric ester groups is 1. The monoisotopic (exact) mass is 494 g/mol. The minimum absolute atomic E-state index is 0.230. The van der Waals surface area contributed by atoms with E-state index in [1.54, 1.807) is 36.2 Å². The number of thioether (sulfide) groups is 1. The molecule has 0 atom stereocenters. The van der Waals surface area contributed by atoms with Crippen molar-refractivity contribution in [1.82, 2.24) is 5.16 Å². The van der Waals surface area contributed by atoms with Gasteiger partial charge in [0.15, 0.2) is 5.76 Å². The van der Waals surface area contributed by atoms with Gasteiger partial charge in [0.25, 0.3) is 12.3 Å². The number of carbonyl (C=O) groups is 1. The van der Waals surface area contributed by atoms with E-state index in [4.69, 9.17) is 20.0 Å². The molecule has 4 N–H and O–H groups in total. The van der Waals surface area contributed by atoms with E-state index in [-0.39, 0.29) is 5.82 Å². The van der Waals surface area contributed by atoms with E-state index < -0.39 is 14.6 Å². The second kappa shape index (κ2) is 12.0. The second-order valence-corrected chi connectivity index (χ2v) is 9.49. The van der Waals surface area contributed by atoms with Crippen LogP contribution in [0.3, 0.4) is 0 Å². The number of hydrogen-bond donors (Lipinski definition) is 3. The molecular formula is C21H25N3O7PS+. The maximum absolute atomic E-state index is 10.9. The first-order chi connectivity index (χ1) is 15.9. The van der Waals surface area contributed by atoms with Gasteiger partial charge < -0.3 is 19.0 Å². The number of aromatic nitrogens is 2. The zero-order chi connectivity index (χ0) is 23.7. The van der Waals surface area contributed by atoms with E-state index in [9.17, 15) is 9.36 Å². The van der Waals surface area contributed by atoms with Crippen molar-refractivity contribution >= 4 is 31.9 Å². The highest BCUT2D eigenvalue weighted by atomic mass is 32.2. The molecule has 2 heterocycles. The van der Waals surface area contributed by atoms with Crippen LogP contribution in [-0.2, 0) is 38.2 Å². The van der Waals surface area contributed by atoms with Crippen LogP contribution in [-0.4, -0.2) is 39.5 Å².